The molecule has 1 spiro atoms. The first-order valence-electron chi connectivity index (χ1n) is 11.3. The summed E-state index contributed by atoms with van der Waals surface area (Å²) >= 11 is 1.83. The van der Waals surface area contributed by atoms with Gasteiger partial charge in [-0.1, -0.05) is 97.1 Å². The highest BCUT2D eigenvalue weighted by Crippen LogP contribution is 2.63. The van der Waals surface area contributed by atoms with Crippen molar-refractivity contribution in [1.82, 2.24) is 0 Å². The first-order valence-corrected chi connectivity index (χ1v) is 12.1. The van der Waals surface area contributed by atoms with Crippen LogP contribution in [0.3, 0.4) is 0 Å². The Kier molecular flexibility index (Phi) is 3.27. The van der Waals surface area contributed by atoms with Gasteiger partial charge in [0, 0.05) is 26.6 Å². The van der Waals surface area contributed by atoms with E-state index < -0.39 is 0 Å². The van der Waals surface area contributed by atoms with E-state index in [4.69, 9.17) is 4.74 Å². The lowest BCUT2D eigenvalue weighted by molar-refractivity contribution is 0.442. The van der Waals surface area contributed by atoms with Gasteiger partial charge in [0.05, 0.1) is 10.1 Å². The highest BCUT2D eigenvalue weighted by molar-refractivity contribution is 7.26. The molecule has 2 heteroatoms. The molecule has 0 saturated heterocycles. The van der Waals surface area contributed by atoms with Crippen molar-refractivity contribution in [3.63, 3.8) is 0 Å². The summed E-state index contributed by atoms with van der Waals surface area (Å²) in [6.07, 6.45) is 0. The molecule has 2 heterocycles. The van der Waals surface area contributed by atoms with Gasteiger partial charge in [-0.25, -0.2) is 0 Å². The average Bonchev–Trinajstić information content (AvgIpc) is 3.40. The van der Waals surface area contributed by atoms with Crippen LogP contribution < -0.4 is 4.74 Å². The predicted molar refractivity (Wildman–Crippen MR) is 137 cm³/mol. The van der Waals surface area contributed by atoms with Gasteiger partial charge >= 0.3 is 0 Å². The molecule has 1 nitrogen and oxygen atoms in total. The summed E-state index contributed by atoms with van der Waals surface area (Å²) < 4.78 is 9.27. The van der Waals surface area contributed by atoms with Crippen molar-refractivity contribution >= 4 is 31.5 Å². The minimum Gasteiger partial charge on any atom is -0.455 e. The standard InChI is InChI=1S/C31H18OS/c1-4-12-23-19(9-1)20-10-2-5-13-24(20)31(23)25-14-6-7-15-27(25)32-29-26(31)18-17-22-21-11-3-8-16-28(21)33-30(22)29/h1-18H. The molecule has 154 valence electrons. The first kappa shape index (κ1) is 17.6. The summed E-state index contributed by atoms with van der Waals surface area (Å²) in [5.41, 5.74) is 7.36. The van der Waals surface area contributed by atoms with E-state index in [1.165, 1.54) is 53.6 Å². The van der Waals surface area contributed by atoms with Crippen molar-refractivity contribution in [3.8, 4) is 22.6 Å². The third-order valence-electron chi connectivity index (χ3n) is 7.36. The van der Waals surface area contributed by atoms with Crippen molar-refractivity contribution in [2.24, 2.45) is 0 Å². The number of ether oxygens (including phenoxy) is 1. The van der Waals surface area contributed by atoms with E-state index in [-0.39, 0.29) is 5.41 Å². The maximum absolute atomic E-state index is 6.75. The van der Waals surface area contributed by atoms with E-state index in [1.54, 1.807) is 0 Å². The van der Waals surface area contributed by atoms with Crippen molar-refractivity contribution in [3.05, 3.63) is 131 Å². The quantitative estimate of drug-likeness (QED) is 0.230. The molecule has 1 aliphatic heterocycles. The number of para-hydroxylation sites is 1. The first-order chi connectivity index (χ1) is 16.4. The normalized spacial score (nSPS) is 14.5. The van der Waals surface area contributed by atoms with E-state index in [2.05, 4.69) is 109 Å². The summed E-state index contributed by atoms with van der Waals surface area (Å²) in [6, 6.07) is 39.6. The van der Waals surface area contributed by atoms with Crippen LogP contribution in [0.15, 0.2) is 109 Å². The van der Waals surface area contributed by atoms with Crippen LogP contribution >= 0.6 is 11.3 Å². The Morgan fingerprint density at radius 1 is 0.515 bits per heavy atom. The Morgan fingerprint density at radius 3 is 1.94 bits per heavy atom. The van der Waals surface area contributed by atoms with Gasteiger partial charge in [0.15, 0.2) is 0 Å². The lowest BCUT2D eigenvalue weighted by Crippen LogP contribution is -2.32. The van der Waals surface area contributed by atoms with Crippen LogP contribution in [0, 0.1) is 0 Å². The number of fused-ring (bicyclic) bond motifs is 13. The number of rotatable bonds is 0. The Labute approximate surface area is 195 Å². The zero-order valence-electron chi connectivity index (χ0n) is 17.7. The molecule has 0 unspecified atom stereocenters. The summed E-state index contributed by atoms with van der Waals surface area (Å²) in [6.45, 7) is 0. The molecular formula is C31H18OS. The average molecular weight is 439 g/mol. The molecule has 0 bridgehead atoms. The zero-order chi connectivity index (χ0) is 21.6. The molecular weight excluding hydrogens is 420 g/mol. The molecule has 8 rings (SSSR count). The fourth-order valence-corrected chi connectivity index (χ4v) is 7.28. The molecule has 0 fully saturated rings. The molecule has 33 heavy (non-hydrogen) atoms. The van der Waals surface area contributed by atoms with Gasteiger partial charge in [-0.15, -0.1) is 11.3 Å². The molecule has 0 N–H and O–H groups in total. The van der Waals surface area contributed by atoms with Gasteiger partial charge in [-0.2, -0.15) is 0 Å². The number of benzene rings is 5. The van der Waals surface area contributed by atoms with Crippen molar-refractivity contribution < 1.29 is 4.74 Å². The van der Waals surface area contributed by atoms with Crippen LogP contribution in [0.2, 0.25) is 0 Å². The minimum atomic E-state index is -0.387. The van der Waals surface area contributed by atoms with Crippen LogP contribution in [0.4, 0.5) is 0 Å². The van der Waals surface area contributed by atoms with Gasteiger partial charge in [0.25, 0.3) is 0 Å². The summed E-state index contributed by atoms with van der Waals surface area (Å²) in [7, 11) is 0. The largest absolute Gasteiger partial charge is 0.455 e. The topological polar surface area (TPSA) is 9.23 Å². The van der Waals surface area contributed by atoms with Crippen LogP contribution in [0.25, 0.3) is 31.3 Å². The molecule has 2 aliphatic rings. The van der Waals surface area contributed by atoms with E-state index in [9.17, 15) is 0 Å². The van der Waals surface area contributed by atoms with Gasteiger partial charge in [-0.3, -0.25) is 0 Å². The van der Waals surface area contributed by atoms with Gasteiger partial charge in [-0.05, 0) is 34.4 Å². The SMILES string of the molecule is c1ccc2c(c1)Oc1c(ccc3c1sc1ccccc13)C21c2ccccc2-c2ccccc21. The third kappa shape index (κ3) is 2.03. The van der Waals surface area contributed by atoms with Gasteiger partial charge in [0.1, 0.15) is 11.5 Å². The summed E-state index contributed by atoms with van der Waals surface area (Å²) in [5.74, 6) is 1.94. The molecule has 0 saturated carbocycles. The third-order valence-corrected chi connectivity index (χ3v) is 8.55. The van der Waals surface area contributed by atoms with Crippen LogP contribution in [-0.4, -0.2) is 0 Å². The zero-order valence-corrected chi connectivity index (χ0v) is 18.5. The van der Waals surface area contributed by atoms with Crippen LogP contribution in [0.5, 0.6) is 11.5 Å². The number of hydrogen-bond acceptors (Lipinski definition) is 2. The lowest BCUT2D eigenvalue weighted by atomic mass is 9.66. The van der Waals surface area contributed by atoms with E-state index in [0.717, 1.165) is 11.5 Å². The summed E-state index contributed by atoms with van der Waals surface area (Å²) in [4.78, 5) is 0. The maximum Gasteiger partial charge on any atom is 0.150 e. The Balaban J connectivity index is 1.60. The molecule has 1 aliphatic carbocycles. The highest BCUT2D eigenvalue weighted by Gasteiger charge is 2.51. The highest BCUT2D eigenvalue weighted by atomic mass is 32.1. The van der Waals surface area contributed by atoms with E-state index in [0.29, 0.717) is 0 Å². The molecule has 0 amide bonds. The molecule has 0 radical (unpaired) electrons. The monoisotopic (exact) mass is 438 g/mol. The Bertz CT molecular complexity index is 1710. The minimum absolute atomic E-state index is 0.387. The second kappa shape index (κ2) is 6.12. The molecule has 1 aromatic heterocycles. The lowest BCUT2D eigenvalue weighted by Gasteiger charge is -2.39. The number of thiophene rings is 1. The van der Waals surface area contributed by atoms with E-state index in [1.807, 2.05) is 11.3 Å². The Morgan fingerprint density at radius 2 is 1.15 bits per heavy atom. The van der Waals surface area contributed by atoms with Crippen molar-refractivity contribution in [1.29, 1.82) is 0 Å². The molecule has 6 aromatic rings. The molecule has 5 aromatic carbocycles. The fourth-order valence-electron chi connectivity index (χ4n) is 6.10. The molecule has 0 atom stereocenters. The fraction of sp³-hybridized carbons (Fsp3) is 0.0323. The van der Waals surface area contributed by atoms with Gasteiger partial charge < -0.3 is 4.74 Å². The van der Waals surface area contributed by atoms with E-state index >= 15 is 0 Å². The summed E-state index contributed by atoms with van der Waals surface area (Å²) in [5, 5.41) is 2.56. The van der Waals surface area contributed by atoms with Crippen molar-refractivity contribution in [2.75, 3.05) is 0 Å². The van der Waals surface area contributed by atoms with Gasteiger partial charge in [0.2, 0.25) is 0 Å². The second-order valence-corrected chi connectivity index (χ2v) is 9.91. The van der Waals surface area contributed by atoms with Crippen LogP contribution in [0.1, 0.15) is 22.3 Å². The smallest absolute Gasteiger partial charge is 0.150 e. The Hall–Kier alpha value is -3.88. The second-order valence-electron chi connectivity index (χ2n) is 8.86. The van der Waals surface area contributed by atoms with Crippen LogP contribution in [-0.2, 0) is 5.41 Å². The maximum atomic E-state index is 6.75. The number of hydrogen-bond donors (Lipinski definition) is 0. The predicted octanol–water partition coefficient (Wildman–Crippen LogP) is 8.52. The van der Waals surface area contributed by atoms with Crippen molar-refractivity contribution in [2.45, 2.75) is 5.41 Å².